The number of fused-ring (bicyclic) bond motifs is 1. The zero-order chi connectivity index (χ0) is 20.0. The van der Waals surface area contributed by atoms with Crippen molar-refractivity contribution in [2.75, 3.05) is 12.9 Å². The normalized spacial score (nSPS) is 17.0. The van der Waals surface area contributed by atoms with E-state index in [1.54, 1.807) is 19.1 Å². The second kappa shape index (κ2) is 6.77. The van der Waals surface area contributed by atoms with E-state index in [4.69, 9.17) is 9.47 Å². The molecule has 27 heavy (non-hydrogen) atoms. The lowest BCUT2D eigenvalue weighted by Gasteiger charge is -2.27. The van der Waals surface area contributed by atoms with E-state index in [1.807, 2.05) is 0 Å². The van der Waals surface area contributed by atoms with Gasteiger partial charge in [-0.15, -0.1) is 0 Å². The number of rotatable bonds is 4. The van der Waals surface area contributed by atoms with Crippen molar-refractivity contribution in [2.45, 2.75) is 29.2 Å². The molecule has 0 saturated heterocycles. The Morgan fingerprint density at radius 3 is 2.52 bits per heavy atom. The standard InChI is InChI=1S/C17H17FO7S2/c1-10-3-4-16(27(21,22)23)11(5-10)6-12-9-24-17-14(18)7-13(26(2,19)20)8-15(17)25-12/h3-5,7-8,12H,6,9H2,1-2H3,(H,21,22,23). The Bertz CT molecular complexity index is 1110. The summed E-state index contributed by atoms with van der Waals surface area (Å²) < 4.78 is 81.0. The zero-order valence-electron chi connectivity index (χ0n) is 14.5. The van der Waals surface area contributed by atoms with Gasteiger partial charge in [0.25, 0.3) is 10.1 Å². The summed E-state index contributed by atoms with van der Waals surface area (Å²) in [6.07, 6.45) is 0.301. The van der Waals surface area contributed by atoms with Gasteiger partial charge in [-0.3, -0.25) is 4.55 Å². The third kappa shape index (κ3) is 4.23. The maximum Gasteiger partial charge on any atom is 0.294 e. The van der Waals surface area contributed by atoms with Gasteiger partial charge in [0.15, 0.2) is 27.2 Å². The van der Waals surface area contributed by atoms with Crippen molar-refractivity contribution in [3.63, 3.8) is 0 Å². The van der Waals surface area contributed by atoms with Crippen LogP contribution in [0.4, 0.5) is 4.39 Å². The van der Waals surface area contributed by atoms with Crippen LogP contribution in [0.15, 0.2) is 40.1 Å². The van der Waals surface area contributed by atoms with Crippen molar-refractivity contribution < 1.29 is 35.3 Å². The molecule has 0 saturated carbocycles. The van der Waals surface area contributed by atoms with E-state index < -0.39 is 31.9 Å². The Kier molecular flexibility index (Phi) is 4.91. The average Bonchev–Trinajstić information content (AvgIpc) is 2.52. The summed E-state index contributed by atoms with van der Waals surface area (Å²) in [5.41, 5.74) is 1.09. The summed E-state index contributed by atoms with van der Waals surface area (Å²) in [6, 6.07) is 6.46. The molecule has 0 bridgehead atoms. The highest BCUT2D eigenvalue weighted by molar-refractivity contribution is 7.90. The molecule has 3 rings (SSSR count). The fourth-order valence-corrected chi connectivity index (χ4v) is 4.19. The van der Waals surface area contributed by atoms with Gasteiger partial charge in [-0.2, -0.15) is 8.42 Å². The third-order valence-electron chi connectivity index (χ3n) is 4.06. The molecule has 1 N–H and O–H groups in total. The minimum absolute atomic E-state index is 0.0565. The second-order valence-electron chi connectivity index (χ2n) is 6.35. The summed E-state index contributed by atoms with van der Waals surface area (Å²) in [6.45, 7) is 1.69. The molecule has 0 amide bonds. The molecule has 2 aromatic rings. The Labute approximate surface area is 156 Å². The van der Waals surface area contributed by atoms with E-state index in [-0.39, 0.29) is 34.3 Å². The Morgan fingerprint density at radius 2 is 1.89 bits per heavy atom. The lowest BCUT2D eigenvalue weighted by atomic mass is 10.0. The smallest absolute Gasteiger partial charge is 0.294 e. The van der Waals surface area contributed by atoms with Crippen LogP contribution in [0, 0.1) is 12.7 Å². The van der Waals surface area contributed by atoms with Crippen LogP contribution < -0.4 is 9.47 Å². The van der Waals surface area contributed by atoms with Gasteiger partial charge in [0.05, 0.1) is 9.79 Å². The van der Waals surface area contributed by atoms with Crippen LogP contribution in [0.25, 0.3) is 0 Å². The number of halogens is 1. The molecular weight excluding hydrogens is 399 g/mol. The molecule has 10 heteroatoms. The molecule has 0 aromatic heterocycles. The van der Waals surface area contributed by atoms with Gasteiger partial charge in [0, 0.05) is 18.7 Å². The van der Waals surface area contributed by atoms with Crippen LogP contribution in [-0.4, -0.2) is 40.4 Å². The summed E-state index contributed by atoms with van der Waals surface area (Å²) in [5.74, 6) is -1.13. The predicted molar refractivity (Wildman–Crippen MR) is 94.1 cm³/mol. The van der Waals surface area contributed by atoms with Gasteiger partial charge < -0.3 is 9.47 Å². The van der Waals surface area contributed by atoms with E-state index in [9.17, 15) is 25.8 Å². The van der Waals surface area contributed by atoms with Crippen molar-refractivity contribution in [1.82, 2.24) is 0 Å². The lowest BCUT2D eigenvalue weighted by Crippen LogP contribution is -2.32. The second-order valence-corrected chi connectivity index (χ2v) is 9.75. The molecule has 0 radical (unpaired) electrons. The van der Waals surface area contributed by atoms with E-state index in [0.29, 0.717) is 5.56 Å². The largest absolute Gasteiger partial charge is 0.483 e. The van der Waals surface area contributed by atoms with Crippen molar-refractivity contribution in [3.8, 4) is 11.5 Å². The molecule has 2 aromatic carbocycles. The van der Waals surface area contributed by atoms with E-state index in [1.165, 1.54) is 12.1 Å². The number of sulfone groups is 1. The van der Waals surface area contributed by atoms with Crippen LogP contribution in [0.2, 0.25) is 0 Å². The zero-order valence-corrected chi connectivity index (χ0v) is 16.1. The maximum absolute atomic E-state index is 14.1. The number of hydrogen-bond donors (Lipinski definition) is 1. The van der Waals surface area contributed by atoms with Crippen LogP contribution in [-0.2, 0) is 26.4 Å². The fraction of sp³-hybridized carbons (Fsp3) is 0.294. The molecular formula is C17H17FO7S2. The Hall–Kier alpha value is -2.17. The van der Waals surface area contributed by atoms with Gasteiger partial charge >= 0.3 is 0 Å². The number of benzene rings is 2. The lowest BCUT2D eigenvalue weighted by molar-refractivity contribution is 0.0860. The number of aryl methyl sites for hydroxylation is 1. The topological polar surface area (TPSA) is 107 Å². The van der Waals surface area contributed by atoms with Gasteiger partial charge in [0.2, 0.25) is 0 Å². The molecule has 146 valence electrons. The van der Waals surface area contributed by atoms with Crippen LogP contribution >= 0.6 is 0 Å². The molecule has 0 aliphatic carbocycles. The van der Waals surface area contributed by atoms with Crippen LogP contribution in [0.1, 0.15) is 11.1 Å². The summed E-state index contributed by atoms with van der Waals surface area (Å²) in [5, 5.41) is 0. The molecule has 1 heterocycles. The summed E-state index contributed by atoms with van der Waals surface area (Å²) in [4.78, 5) is -0.504. The van der Waals surface area contributed by atoms with E-state index in [0.717, 1.165) is 17.9 Å². The van der Waals surface area contributed by atoms with Gasteiger partial charge in [-0.05, 0) is 24.6 Å². The molecule has 7 nitrogen and oxygen atoms in total. The van der Waals surface area contributed by atoms with Crippen molar-refractivity contribution >= 4 is 20.0 Å². The Balaban J connectivity index is 1.94. The molecule has 1 aliphatic heterocycles. The monoisotopic (exact) mass is 416 g/mol. The molecule has 0 fully saturated rings. The number of ether oxygens (including phenoxy) is 2. The predicted octanol–water partition coefficient (Wildman–Crippen LogP) is 2.17. The first kappa shape index (κ1) is 19.6. The summed E-state index contributed by atoms with van der Waals surface area (Å²) in [7, 11) is -8.08. The highest BCUT2D eigenvalue weighted by atomic mass is 32.2. The average molecular weight is 416 g/mol. The quantitative estimate of drug-likeness (QED) is 0.761. The molecule has 1 unspecified atom stereocenters. The van der Waals surface area contributed by atoms with Gasteiger partial charge in [-0.1, -0.05) is 17.7 Å². The summed E-state index contributed by atoms with van der Waals surface area (Å²) >= 11 is 0. The molecule has 0 spiro atoms. The highest BCUT2D eigenvalue weighted by Crippen LogP contribution is 2.37. The van der Waals surface area contributed by atoms with Crippen molar-refractivity contribution in [2.24, 2.45) is 0 Å². The van der Waals surface area contributed by atoms with Crippen molar-refractivity contribution in [3.05, 3.63) is 47.3 Å². The van der Waals surface area contributed by atoms with Crippen LogP contribution in [0.3, 0.4) is 0 Å². The van der Waals surface area contributed by atoms with Crippen molar-refractivity contribution in [1.29, 1.82) is 0 Å². The maximum atomic E-state index is 14.1. The highest BCUT2D eigenvalue weighted by Gasteiger charge is 2.28. The van der Waals surface area contributed by atoms with Gasteiger partial charge in [0.1, 0.15) is 12.7 Å². The SMILES string of the molecule is Cc1ccc(S(=O)(=O)O)c(CC2COc3c(F)cc(S(C)(=O)=O)cc3O2)c1. The fourth-order valence-electron chi connectivity index (χ4n) is 2.84. The minimum Gasteiger partial charge on any atom is -0.483 e. The first-order chi connectivity index (χ1) is 12.4. The van der Waals surface area contributed by atoms with E-state index >= 15 is 0 Å². The first-order valence-electron chi connectivity index (χ1n) is 7.85. The first-order valence-corrected chi connectivity index (χ1v) is 11.2. The minimum atomic E-state index is -4.43. The third-order valence-corrected chi connectivity index (χ3v) is 6.11. The molecule has 1 aliphatic rings. The van der Waals surface area contributed by atoms with Crippen LogP contribution in [0.5, 0.6) is 11.5 Å². The Morgan fingerprint density at radius 1 is 1.19 bits per heavy atom. The molecule has 1 atom stereocenters. The van der Waals surface area contributed by atoms with Gasteiger partial charge in [-0.25, -0.2) is 12.8 Å². The number of hydrogen-bond acceptors (Lipinski definition) is 6. The van der Waals surface area contributed by atoms with E-state index in [2.05, 4.69) is 0 Å².